The number of nitrogens with one attached hydrogen (secondary N) is 2. The van der Waals surface area contributed by atoms with Crippen molar-refractivity contribution in [3.8, 4) is 0 Å². The Labute approximate surface area is 142 Å². The zero-order valence-electron chi connectivity index (χ0n) is 12.3. The van der Waals surface area contributed by atoms with Gasteiger partial charge >= 0.3 is 0 Å². The Bertz CT molecular complexity index is 415. The van der Waals surface area contributed by atoms with Gasteiger partial charge in [-0.3, -0.25) is 4.99 Å². The SMILES string of the molecule is CCNC(=NCCC1CC1)NCCc1ncc(C)s1.I. The Kier molecular flexibility index (Phi) is 8.44. The van der Waals surface area contributed by atoms with Crippen LogP contribution in [-0.4, -0.2) is 30.6 Å². The second kappa shape index (κ2) is 9.55. The van der Waals surface area contributed by atoms with E-state index in [1.807, 2.05) is 6.20 Å². The molecule has 0 aromatic carbocycles. The summed E-state index contributed by atoms with van der Waals surface area (Å²) in [5.74, 6) is 1.89. The van der Waals surface area contributed by atoms with E-state index in [9.17, 15) is 0 Å². The van der Waals surface area contributed by atoms with E-state index in [4.69, 9.17) is 0 Å². The number of guanidine groups is 1. The first-order chi connectivity index (χ1) is 9.28. The fourth-order valence-corrected chi connectivity index (χ4v) is 2.70. The Morgan fingerprint density at radius 2 is 2.25 bits per heavy atom. The molecule has 0 saturated heterocycles. The van der Waals surface area contributed by atoms with E-state index in [0.29, 0.717) is 0 Å². The topological polar surface area (TPSA) is 49.3 Å². The van der Waals surface area contributed by atoms with Crippen molar-refractivity contribution in [2.24, 2.45) is 10.9 Å². The summed E-state index contributed by atoms with van der Waals surface area (Å²) in [4.78, 5) is 10.3. The van der Waals surface area contributed by atoms with Crippen molar-refractivity contribution >= 4 is 41.3 Å². The van der Waals surface area contributed by atoms with Crippen LogP contribution in [0.25, 0.3) is 0 Å². The molecule has 6 heteroatoms. The minimum atomic E-state index is 0. The lowest BCUT2D eigenvalue weighted by Crippen LogP contribution is -2.38. The number of hydrogen-bond donors (Lipinski definition) is 2. The van der Waals surface area contributed by atoms with Crippen molar-refractivity contribution < 1.29 is 0 Å². The lowest BCUT2D eigenvalue weighted by Gasteiger charge is -2.10. The van der Waals surface area contributed by atoms with Gasteiger partial charge in [0.2, 0.25) is 0 Å². The molecule has 0 aliphatic heterocycles. The second-order valence-electron chi connectivity index (χ2n) is 5.03. The molecule has 0 unspecified atom stereocenters. The number of rotatable bonds is 7. The van der Waals surface area contributed by atoms with Gasteiger partial charge in [0, 0.05) is 37.1 Å². The van der Waals surface area contributed by atoms with Crippen LogP contribution in [0.4, 0.5) is 0 Å². The Morgan fingerprint density at radius 3 is 2.85 bits per heavy atom. The van der Waals surface area contributed by atoms with Crippen molar-refractivity contribution in [1.82, 2.24) is 15.6 Å². The molecule has 4 nitrogen and oxygen atoms in total. The van der Waals surface area contributed by atoms with Crippen LogP contribution in [0.2, 0.25) is 0 Å². The molecular formula is C14H25IN4S. The standard InChI is InChI=1S/C14H24N4S.HI/c1-3-15-14(16-8-6-12-4-5-12)17-9-7-13-18-10-11(2)19-13;/h10,12H,3-9H2,1-2H3,(H2,15,16,17);1H. The summed E-state index contributed by atoms with van der Waals surface area (Å²) in [5.41, 5.74) is 0. The highest BCUT2D eigenvalue weighted by Gasteiger charge is 2.20. The summed E-state index contributed by atoms with van der Waals surface area (Å²) in [6.07, 6.45) is 6.95. The molecule has 2 N–H and O–H groups in total. The van der Waals surface area contributed by atoms with E-state index in [1.54, 1.807) is 11.3 Å². The van der Waals surface area contributed by atoms with Crippen LogP contribution < -0.4 is 10.6 Å². The molecule has 1 heterocycles. The summed E-state index contributed by atoms with van der Waals surface area (Å²) < 4.78 is 0. The number of nitrogens with zero attached hydrogens (tertiary/aromatic N) is 2. The van der Waals surface area contributed by atoms with Crippen molar-refractivity contribution in [3.05, 3.63) is 16.1 Å². The van der Waals surface area contributed by atoms with Gasteiger partial charge < -0.3 is 10.6 Å². The maximum Gasteiger partial charge on any atom is 0.191 e. The summed E-state index contributed by atoms with van der Waals surface area (Å²) in [5, 5.41) is 7.86. The number of hydrogen-bond acceptors (Lipinski definition) is 3. The van der Waals surface area contributed by atoms with E-state index in [-0.39, 0.29) is 24.0 Å². The van der Waals surface area contributed by atoms with E-state index in [0.717, 1.165) is 37.9 Å². The summed E-state index contributed by atoms with van der Waals surface area (Å²) in [6.45, 7) is 6.93. The first-order valence-corrected chi connectivity index (χ1v) is 8.03. The van der Waals surface area contributed by atoms with Gasteiger partial charge in [-0.1, -0.05) is 12.8 Å². The molecule has 1 fully saturated rings. The van der Waals surface area contributed by atoms with Crippen LogP contribution in [0.1, 0.15) is 36.1 Å². The first-order valence-electron chi connectivity index (χ1n) is 7.21. The molecule has 0 atom stereocenters. The molecule has 1 aliphatic rings. The van der Waals surface area contributed by atoms with Gasteiger partial charge in [-0.15, -0.1) is 35.3 Å². The van der Waals surface area contributed by atoms with Gasteiger partial charge in [-0.05, 0) is 26.2 Å². The average Bonchev–Trinajstić information content (AvgIpc) is 3.12. The predicted octanol–water partition coefficient (Wildman–Crippen LogP) is 2.97. The van der Waals surface area contributed by atoms with Crippen molar-refractivity contribution in [1.29, 1.82) is 0 Å². The minimum Gasteiger partial charge on any atom is -0.357 e. The third kappa shape index (κ3) is 6.88. The Hall–Kier alpha value is -0.370. The lowest BCUT2D eigenvalue weighted by molar-refractivity contribution is 0.724. The summed E-state index contributed by atoms with van der Waals surface area (Å²) in [6, 6.07) is 0. The van der Waals surface area contributed by atoms with Crippen LogP contribution >= 0.6 is 35.3 Å². The molecule has 1 aliphatic carbocycles. The summed E-state index contributed by atoms with van der Waals surface area (Å²) in [7, 11) is 0. The molecule has 114 valence electrons. The van der Waals surface area contributed by atoms with Crippen LogP contribution in [0, 0.1) is 12.8 Å². The van der Waals surface area contributed by atoms with Crippen molar-refractivity contribution in [2.75, 3.05) is 19.6 Å². The highest BCUT2D eigenvalue weighted by atomic mass is 127. The normalized spacial score (nSPS) is 14.8. The second-order valence-corrected chi connectivity index (χ2v) is 6.35. The van der Waals surface area contributed by atoms with Gasteiger partial charge in [0.05, 0.1) is 5.01 Å². The third-order valence-electron chi connectivity index (χ3n) is 3.15. The molecular weight excluding hydrogens is 383 g/mol. The molecule has 0 spiro atoms. The number of aromatic nitrogens is 1. The summed E-state index contributed by atoms with van der Waals surface area (Å²) >= 11 is 1.77. The monoisotopic (exact) mass is 408 g/mol. The van der Waals surface area contributed by atoms with E-state index in [1.165, 1.54) is 29.1 Å². The van der Waals surface area contributed by atoms with Gasteiger partial charge in [-0.2, -0.15) is 0 Å². The van der Waals surface area contributed by atoms with Gasteiger partial charge in [0.25, 0.3) is 0 Å². The molecule has 0 bridgehead atoms. The van der Waals surface area contributed by atoms with Crippen molar-refractivity contribution in [2.45, 2.75) is 39.5 Å². The fraction of sp³-hybridized carbons (Fsp3) is 0.714. The zero-order valence-corrected chi connectivity index (χ0v) is 15.5. The molecule has 0 radical (unpaired) electrons. The largest absolute Gasteiger partial charge is 0.357 e. The maximum absolute atomic E-state index is 4.61. The lowest BCUT2D eigenvalue weighted by atomic mass is 10.3. The minimum absolute atomic E-state index is 0. The smallest absolute Gasteiger partial charge is 0.191 e. The molecule has 2 rings (SSSR count). The van der Waals surface area contributed by atoms with Crippen molar-refractivity contribution in [3.63, 3.8) is 0 Å². The molecule has 1 aromatic heterocycles. The highest BCUT2D eigenvalue weighted by molar-refractivity contribution is 14.0. The van der Waals surface area contributed by atoms with E-state index in [2.05, 4.69) is 34.5 Å². The first kappa shape index (κ1) is 17.7. The number of aryl methyl sites for hydroxylation is 1. The number of thiazole rings is 1. The van der Waals surface area contributed by atoms with Gasteiger partial charge in [-0.25, -0.2) is 4.98 Å². The molecule has 20 heavy (non-hydrogen) atoms. The van der Waals surface area contributed by atoms with Crippen LogP contribution in [0.5, 0.6) is 0 Å². The Balaban J connectivity index is 0.00000200. The quantitative estimate of drug-likeness (QED) is 0.414. The predicted molar refractivity (Wildman–Crippen MR) is 97.3 cm³/mol. The van der Waals surface area contributed by atoms with E-state index >= 15 is 0 Å². The number of halogens is 1. The van der Waals surface area contributed by atoms with E-state index < -0.39 is 0 Å². The maximum atomic E-state index is 4.61. The Morgan fingerprint density at radius 1 is 1.45 bits per heavy atom. The van der Waals surface area contributed by atoms with Crippen LogP contribution in [0.15, 0.2) is 11.2 Å². The third-order valence-corrected chi connectivity index (χ3v) is 4.12. The van der Waals surface area contributed by atoms with Gasteiger partial charge in [0.1, 0.15) is 0 Å². The average molecular weight is 408 g/mol. The molecule has 1 saturated carbocycles. The van der Waals surface area contributed by atoms with Crippen LogP contribution in [0.3, 0.4) is 0 Å². The van der Waals surface area contributed by atoms with Gasteiger partial charge in [0.15, 0.2) is 5.96 Å². The molecule has 0 amide bonds. The molecule has 1 aromatic rings. The fourth-order valence-electron chi connectivity index (χ4n) is 1.91. The highest BCUT2D eigenvalue weighted by Crippen LogP contribution is 2.32. The zero-order chi connectivity index (χ0) is 13.5. The van der Waals surface area contributed by atoms with Crippen LogP contribution in [-0.2, 0) is 6.42 Å². The number of aliphatic imine (C=N–C) groups is 1.